The van der Waals surface area contributed by atoms with Crippen LogP contribution in [0.15, 0.2) is 30.5 Å². The van der Waals surface area contributed by atoms with Gasteiger partial charge in [0.05, 0.1) is 11.7 Å². The minimum Gasteiger partial charge on any atom is -0.370 e. The highest BCUT2D eigenvalue weighted by atomic mass is 35.5. The number of hydrogen-bond acceptors (Lipinski definition) is 4. The van der Waals surface area contributed by atoms with Crippen molar-refractivity contribution in [2.75, 3.05) is 36.4 Å². The highest BCUT2D eigenvalue weighted by Crippen LogP contribution is 2.31. The number of carbonyl (C=O) groups is 1. The van der Waals surface area contributed by atoms with Gasteiger partial charge in [-0.1, -0.05) is 6.07 Å². The molecular formula is C19H26Cl2FN5O. The Morgan fingerprint density at radius 3 is 2.68 bits per heavy atom. The third-order valence-corrected chi connectivity index (χ3v) is 5.16. The molecule has 154 valence electrons. The third kappa shape index (κ3) is 4.77. The van der Waals surface area contributed by atoms with Gasteiger partial charge in [-0.05, 0) is 50.4 Å². The molecule has 9 heteroatoms. The smallest absolute Gasteiger partial charge is 0.276 e. The number of amides is 1. The van der Waals surface area contributed by atoms with Gasteiger partial charge in [0, 0.05) is 25.8 Å². The molecule has 0 aliphatic carbocycles. The Hall–Kier alpha value is -1.83. The largest absolute Gasteiger partial charge is 0.370 e. The second-order valence-corrected chi connectivity index (χ2v) is 6.96. The molecule has 1 amide bonds. The van der Waals surface area contributed by atoms with Gasteiger partial charge in [-0.3, -0.25) is 9.48 Å². The Morgan fingerprint density at radius 1 is 1.18 bits per heavy atom. The number of piperidine rings is 1. The Labute approximate surface area is 176 Å². The lowest BCUT2D eigenvalue weighted by Gasteiger charge is -2.23. The van der Waals surface area contributed by atoms with Crippen LogP contribution < -0.4 is 15.5 Å². The average Bonchev–Trinajstić information content (AvgIpc) is 3.36. The maximum absolute atomic E-state index is 14.4. The van der Waals surface area contributed by atoms with E-state index in [9.17, 15) is 9.18 Å². The highest BCUT2D eigenvalue weighted by Gasteiger charge is 2.22. The standard InChI is InChI=1S/C19H24FN5O.2ClH/c20-15-6-3-7-17(24-10-1-2-11-24)18(15)22-19(26)16-8-12-25(23-16)14-5-4-9-21-13-14;;/h3,6-8,12,14,21H,1-2,4-5,9-11,13H2,(H,22,26);2*1H. The summed E-state index contributed by atoms with van der Waals surface area (Å²) in [7, 11) is 0. The van der Waals surface area contributed by atoms with E-state index in [2.05, 4.69) is 20.6 Å². The van der Waals surface area contributed by atoms with E-state index in [-0.39, 0.29) is 42.5 Å². The molecule has 0 bridgehead atoms. The molecule has 2 fully saturated rings. The summed E-state index contributed by atoms with van der Waals surface area (Å²) in [5.41, 5.74) is 1.30. The SMILES string of the molecule is Cl.Cl.O=C(Nc1c(F)cccc1N1CCCC1)c1ccn(C2CCCNC2)n1. The first kappa shape index (κ1) is 22.5. The summed E-state index contributed by atoms with van der Waals surface area (Å²) >= 11 is 0. The molecule has 1 atom stereocenters. The van der Waals surface area contributed by atoms with Crippen LogP contribution in [0.3, 0.4) is 0 Å². The van der Waals surface area contributed by atoms with E-state index >= 15 is 0 Å². The van der Waals surface area contributed by atoms with E-state index in [0.29, 0.717) is 5.69 Å². The van der Waals surface area contributed by atoms with Gasteiger partial charge in [0.25, 0.3) is 5.91 Å². The van der Waals surface area contributed by atoms with Gasteiger partial charge in [0.2, 0.25) is 0 Å². The first-order valence-corrected chi connectivity index (χ1v) is 9.33. The summed E-state index contributed by atoms with van der Waals surface area (Å²) < 4.78 is 16.2. The summed E-state index contributed by atoms with van der Waals surface area (Å²) in [5, 5.41) is 10.5. The number of carbonyl (C=O) groups excluding carboxylic acids is 1. The number of para-hydroxylation sites is 1. The second kappa shape index (κ2) is 10.1. The minimum absolute atomic E-state index is 0. The average molecular weight is 430 g/mol. The third-order valence-electron chi connectivity index (χ3n) is 5.16. The number of nitrogens with one attached hydrogen (secondary N) is 2. The van der Waals surface area contributed by atoms with E-state index < -0.39 is 5.82 Å². The lowest BCUT2D eigenvalue weighted by atomic mass is 10.1. The summed E-state index contributed by atoms with van der Waals surface area (Å²) in [6, 6.07) is 6.88. The Kier molecular flexibility index (Phi) is 8.10. The number of nitrogens with zero attached hydrogens (tertiary/aromatic N) is 3. The number of hydrogen-bond donors (Lipinski definition) is 2. The molecule has 1 unspecified atom stereocenters. The van der Waals surface area contributed by atoms with Crippen LogP contribution in [0, 0.1) is 5.82 Å². The van der Waals surface area contributed by atoms with Gasteiger partial charge in [-0.15, -0.1) is 24.8 Å². The lowest BCUT2D eigenvalue weighted by molar-refractivity contribution is 0.102. The molecule has 2 aliphatic rings. The first-order chi connectivity index (χ1) is 12.7. The van der Waals surface area contributed by atoms with E-state index in [0.717, 1.165) is 57.5 Å². The second-order valence-electron chi connectivity index (χ2n) is 6.96. The monoisotopic (exact) mass is 429 g/mol. The fraction of sp³-hybridized carbons (Fsp3) is 0.474. The minimum atomic E-state index is -0.418. The highest BCUT2D eigenvalue weighted by molar-refractivity contribution is 6.04. The predicted octanol–water partition coefficient (Wildman–Crippen LogP) is 3.64. The molecular weight excluding hydrogens is 404 g/mol. The number of anilines is 2. The Bertz CT molecular complexity index is 788. The van der Waals surface area contributed by atoms with Crippen molar-refractivity contribution in [3.05, 3.63) is 42.0 Å². The molecule has 3 heterocycles. The molecule has 4 rings (SSSR count). The number of aromatic nitrogens is 2. The van der Waals surface area contributed by atoms with Crippen LogP contribution >= 0.6 is 24.8 Å². The van der Waals surface area contributed by atoms with Crippen molar-refractivity contribution in [3.8, 4) is 0 Å². The van der Waals surface area contributed by atoms with Crippen molar-refractivity contribution in [2.45, 2.75) is 31.7 Å². The molecule has 2 aliphatic heterocycles. The molecule has 1 aromatic heterocycles. The molecule has 2 aromatic rings. The van der Waals surface area contributed by atoms with Crippen molar-refractivity contribution >= 4 is 42.1 Å². The Balaban J connectivity index is 0.00000140. The van der Waals surface area contributed by atoms with Gasteiger partial charge in [0.1, 0.15) is 11.5 Å². The van der Waals surface area contributed by atoms with E-state index in [1.54, 1.807) is 12.1 Å². The maximum Gasteiger partial charge on any atom is 0.276 e. The fourth-order valence-corrected chi connectivity index (χ4v) is 3.76. The van der Waals surface area contributed by atoms with Gasteiger partial charge in [-0.2, -0.15) is 5.10 Å². The zero-order valence-electron chi connectivity index (χ0n) is 15.6. The molecule has 0 radical (unpaired) electrons. The zero-order chi connectivity index (χ0) is 17.9. The summed E-state index contributed by atoms with van der Waals surface area (Å²) in [6.07, 6.45) is 6.14. The van der Waals surface area contributed by atoms with Crippen LogP contribution in [0.1, 0.15) is 42.2 Å². The molecule has 0 saturated carbocycles. The van der Waals surface area contributed by atoms with Crippen LogP contribution in [-0.2, 0) is 0 Å². The quantitative estimate of drug-likeness (QED) is 0.778. The molecule has 1 aromatic carbocycles. The van der Waals surface area contributed by atoms with Crippen LogP contribution in [0.2, 0.25) is 0 Å². The summed E-state index contributed by atoms with van der Waals surface area (Å²) in [5.74, 6) is -0.795. The number of benzene rings is 1. The van der Waals surface area contributed by atoms with Crippen molar-refractivity contribution in [1.29, 1.82) is 0 Å². The number of rotatable bonds is 4. The fourth-order valence-electron chi connectivity index (χ4n) is 3.76. The van der Waals surface area contributed by atoms with E-state index in [1.807, 2.05) is 16.9 Å². The predicted molar refractivity (Wildman–Crippen MR) is 114 cm³/mol. The number of halogens is 3. The van der Waals surface area contributed by atoms with E-state index in [1.165, 1.54) is 6.07 Å². The van der Waals surface area contributed by atoms with Crippen molar-refractivity contribution < 1.29 is 9.18 Å². The first-order valence-electron chi connectivity index (χ1n) is 9.33. The van der Waals surface area contributed by atoms with Crippen molar-refractivity contribution in [1.82, 2.24) is 15.1 Å². The normalized spacial score (nSPS) is 18.9. The lowest BCUT2D eigenvalue weighted by Crippen LogP contribution is -2.32. The molecule has 6 nitrogen and oxygen atoms in total. The van der Waals surface area contributed by atoms with Crippen LogP contribution in [0.25, 0.3) is 0 Å². The van der Waals surface area contributed by atoms with Crippen LogP contribution in [0.5, 0.6) is 0 Å². The van der Waals surface area contributed by atoms with Gasteiger partial charge in [-0.25, -0.2) is 4.39 Å². The van der Waals surface area contributed by atoms with Crippen LogP contribution in [0.4, 0.5) is 15.8 Å². The van der Waals surface area contributed by atoms with Gasteiger partial charge in [0.15, 0.2) is 5.69 Å². The van der Waals surface area contributed by atoms with E-state index in [4.69, 9.17) is 0 Å². The maximum atomic E-state index is 14.4. The summed E-state index contributed by atoms with van der Waals surface area (Å²) in [4.78, 5) is 14.8. The summed E-state index contributed by atoms with van der Waals surface area (Å²) in [6.45, 7) is 3.65. The van der Waals surface area contributed by atoms with Crippen molar-refractivity contribution in [2.24, 2.45) is 0 Å². The molecule has 28 heavy (non-hydrogen) atoms. The molecule has 2 saturated heterocycles. The van der Waals surface area contributed by atoms with Crippen LogP contribution in [-0.4, -0.2) is 41.9 Å². The zero-order valence-corrected chi connectivity index (χ0v) is 17.2. The van der Waals surface area contributed by atoms with Gasteiger partial charge >= 0.3 is 0 Å². The van der Waals surface area contributed by atoms with Crippen molar-refractivity contribution in [3.63, 3.8) is 0 Å². The molecule has 0 spiro atoms. The molecule has 2 N–H and O–H groups in total. The van der Waals surface area contributed by atoms with Gasteiger partial charge < -0.3 is 15.5 Å². The Morgan fingerprint density at radius 2 is 1.96 bits per heavy atom. The topological polar surface area (TPSA) is 62.2 Å².